The number of carbonyl (C=O) groups is 3. The monoisotopic (exact) mass is 379 g/mol. The van der Waals surface area contributed by atoms with E-state index in [2.05, 4.69) is 10.2 Å². The van der Waals surface area contributed by atoms with Gasteiger partial charge in [0.15, 0.2) is 5.78 Å². The van der Waals surface area contributed by atoms with Crippen LogP contribution in [0.25, 0.3) is 0 Å². The van der Waals surface area contributed by atoms with Crippen LogP contribution in [0.1, 0.15) is 40.0 Å². The van der Waals surface area contributed by atoms with Gasteiger partial charge in [-0.1, -0.05) is 30.3 Å². The van der Waals surface area contributed by atoms with Crippen molar-refractivity contribution in [1.82, 2.24) is 4.90 Å². The number of nitrogens with one attached hydrogen (secondary N) is 1. The highest BCUT2D eigenvalue weighted by Crippen LogP contribution is 2.22. The summed E-state index contributed by atoms with van der Waals surface area (Å²) >= 11 is 0. The maximum absolute atomic E-state index is 12.5. The maximum atomic E-state index is 12.5. The molecule has 6 heteroatoms. The number of hydrogen-bond acceptors (Lipinski definition) is 4. The van der Waals surface area contributed by atoms with Crippen molar-refractivity contribution in [1.29, 1.82) is 0 Å². The molecule has 3 rings (SSSR count). The summed E-state index contributed by atoms with van der Waals surface area (Å²) in [7, 11) is 0. The highest BCUT2D eigenvalue weighted by atomic mass is 16.2. The Morgan fingerprint density at radius 2 is 1.57 bits per heavy atom. The van der Waals surface area contributed by atoms with Gasteiger partial charge < -0.3 is 16.0 Å². The molecular weight excluding hydrogens is 354 g/mol. The lowest BCUT2D eigenvalue weighted by Gasteiger charge is -2.31. The third-order valence-electron chi connectivity index (χ3n) is 5.12. The Balaban J connectivity index is 1.40. The molecule has 2 aromatic carbocycles. The van der Waals surface area contributed by atoms with E-state index in [0.29, 0.717) is 24.2 Å². The van der Waals surface area contributed by atoms with Crippen molar-refractivity contribution in [3.05, 3.63) is 65.7 Å². The number of amides is 2. The lowest BCUT2D eigenvalue weighted by atomic mass is 9.89. The van der Waals surface area contributed by atoms with Crippen LogP contribution in [0.5, 0.6) is 0 Å². The first-order chi connectivity index (χ1) is 13.5. The second kappa shape index (κ2) is 9.28. The topological polar surface area (TPSA) is 92.5 Å². The highest BCUT2D eigenvalue weighted by molar-refractivity contribution is 5.98. The third kappa shape index (κ3) is 5.27. The lowest BCUT2D eigenvalue weighted by molar-refractivity contribution is -0.116. The standard InChI is InChI=1S/C22H25N3O3/c23-22(28)18-6-8-19(9-7-18)24-20(26)12-15-25-13-10-17(11-14-25)21(27)16-4-2-1-3-5-16/h1-9,17H,10-15H2,(H2,23,28)(H,24,26). The van der Waals surface area contributed by atoms with Gasteiger partial charge in [0, 0.05) is 35.7 Å². The molecule has 3 N–H and O–H groups in total. The molecule has 0 radical (unpaired) electrons. The lowest BCUT2D eigenvalue weighted by Crippen LogP contribution is -2.38. The molecule has 0 saturated carbocycles. The van der Waals surface area contributed by atoms with Crippen molar-refractivity contribution in [3.8, 4) is 0 Å². The van der Waals surface area contributed by atoms with E-state index in [1.165, 1.54) is 0 Å². The van der Waals surface area contributed by atoms with Crippen LogP contribution < -0.4 is 11.1 Å². The fourth-order valence-corrected chi connectivity index (χ4v) is 3.46. The highest BCUT2D eigenvalue weighted by Gasteiger charge is 2.25. The van der Waals surface area contributed by atoms with Crippen molar-refractivity contribution >= 4 is 23.3 Å². The van der Waals surface area contributed by atoms with E-state index < -0.39 is 5.91 Å². The maximum Gasteiger partial charge on any atom is 0.248 e. The van der Waals surface area contributed by atoms with Gasteiger partial charge in [-0.15, -0.1) is 0 Å². The molecular formula is C22H25N3O3. The van der Waals surface area contributed by atoms with E-state index in [9.17, 15) is 14.4 Å². The van der Waals surface area contributed by atoms with Gasteiger partial charge in [0.2, 0.25) is 11.8 Å². The summed E-state index contributed by atoms with van der Waals surface area (Å²) in [5.74, 6) is -0.282. The van der Waals surface area contributed by atoms with Crippen LogP contribution in [-0.4, -0.2) is 42.1 Å². The summed E-state index contributed by atoms with van der Waals surface area (Å²) in [5.41, 5.74) is 7.03. The Hall–Kier alpha value is -2.99. The first-order valence-electron chi connectivity index (χ1n) is 9.54. The number of Topliss-reactive ketones (excluding diaryl/α,β-unsaturated/α-hetero) is 1. The molecule has 146 valence electrons. The van der Waals surface area contributed by atoms with Crippen LogP contribution in [-0.2, 0) is 4.79 Å². The number of benzene rings is 2. The molecule has 0 aliphatic carbocycles. The van der Waals surface area contributed by atoms with Gasteiger partial charge in [0.05, 0.1) is 0 Å². The first-order valence-corrected chi connectivity index (χ1v) is 9.54. The molecule has 28 heavy (non-hydrogen) atoms. The SMILES string of the molecule is NC(=O)c1ccc(NC(=O)CCN2CCC(C(=O)c3ccccc3)CC2)cc1. The van der Waals surface area contributed by atoms with E-state index >= 15 is 0 Å². The van der Waals surface area contributed by atoms with Crippen LogP contribution in [0.2, 0.25) is 0 Å². The number of primary amides is 1. The predicted molar refractivity (Wildman–Crippen MR) is 108 cm³/mol. The Morgan fingerprint density at radius 3 is 2.18 bits per heavy atom. The summed E-state index contributed by atoms with van der Waals surface area (Å²) < 4.78 is 0. The number of anilines is 1. The van der Waals surface area contributed by atoms with E-state index in [4.69, 9.17) is 5.73 Å². The zero-order valence-corrected chi connectivity index (χ0v) is 15.8. The molecule has 0 atom stereocenters. The van der Waals surface area contributed by atoms with E-state index in [1.54, 1.807) is 24.3 Å². The number of ketones is 1. The van der Waals surface area contributed by atoms with Crippen molar-refractivity contribution in [2.75, 3.05) is 25.0 Å². The van der Waals surface area contributed by atoms with Gasteiger partial charge in [0.25, 0.3) is 0 Å². The fourth-order valence-electron chi connectivity index (χ4n) is 3.46. The molecule has 2 aromatic rings. The number of nitrogens with two attached hydrogens (primary N) is 1. The number of likely N-dealkylation sites (tertiary alicyclic amines) is 1. The molecule has 1 aliphatic heterocycles. The Kier molecular flexibility index (Phi) is 6.55. The van der Waals surface area contributed by atoms with Crippen molar-refractivity contribution < 1.29 is 14.4 Å². The second-order valence-electron chi connectivity index (χ2n) is 7.09. The molecule has 6 nitrogen and oxygen atoms in total. The van der Waals surface area contributed by atoms with Crippen molar-refractivity contribution in [2.45, 2.75) is 19.3 Å². The zero-order chi connectivity index (χ0) is 19.9. The van der Waals surface area contributed by atoms with E-state index in [1.807, 2.05) is 30.3 Å². The smallest absolute Gasteiger partial charge is 0.248 e. The van der Waals surface area contributed by atoms with Gasteiger partial charge in [-0.05, 0) is 50.2 Å². The second-order valence-corrected chi connectivity index (χ2v) is 7.09. The Morgan fingerprint density at radius 1 is 0.929 bits per heavy atom. The largest absolute Gasteiger partial charge is 0.366 e. The Labute approximate surface area is 164 Å². The first kappa shape index (κ1) is 19.8. The average molecular weight is 379 g/mol. The van der Waals surface area contributed by atoms with Gasteiger partial charge in [-0.3, -0.25) is 14.4 Å². The summed E-state index contributed by atoms with van der Waals surface area (Å²) in [6, 6.07) is 15.9. The number of piperidine rings is 1. The predicted octanol–water partition coefficient (Wildman–Crippen LogP) is 2.71. The van der Waals surface area contributed by atoms with Crippen molar-refractivity contribution in [3.63, 3.8) is 0 Å². The van der Waals surface area contributed by atoms with Crippen LogP contribution in [0.4, 0.5) is 5.69 Å². The molecule has 1 aliphatic rings. The summed E-state index contributed by atoms with van der Waals surface area (Å²) in [6.07, 6.45) is 2.03. The van der Waals surface area contributed by atoms with Gasteiger partial charge in [-0.2, -0.15) is 0 Å². The minimum absolute atomic E-state index is 0.0660. The molecule has 1 fully saturated rings. The fraction of sp³-hybridized carbons (Fsp3) is 0.318. The van der Waals surface area contributed by atoms with Crippen LogP contribution in [0.3, 0.4) is 0 Å². The van der Waals surface area contributed by atoms with Crippen LogP contribution in [0.15, 0.2) is 54.6 Å². The number of rotatable bonds is 7. The molecule has 0 spiro atoms. The minimum Gasteiger partial charge on any atom is -0.366 e. The molecule has 1 saturated heterocycles. The van der Waals surface area contributed by atoms with Crippen LogP contribution >= 0.6 is 0 Å². The molecule has 0 bridgehead atoms. The molecule has 0 unspecified atom stereocenters. The summed E-state index contributed by atoms with van der Waals surface area (Å²) in [4.78, 5) is 38.0. The van der Waals surface area contributed by atoms with E-state index in [-0.39, 0.29) is 17.6 Å². The summed E-state index contributed by atoms with van der Waals surface area (Å²) in [6.45, 7) is 2.31. The molecule has 0 aromatic heterocycles. The van der Waals surface area contributed by atoms with E-state index in [0.717, 1.165) is 31.5 Å². The average Bonchev–Trinajstić information content (AvgIpc) is 2.73. The zero-order valence-electron chi connectivity index (χ0n) is 15.8. The number of nitrogens with zero attached hydrogens (tertiary/aromatic N) is 1. The van der Waals surface area contributed by atoms with Gasteiger partial charge in [-0.25, -0.2) is 0 Å². The van der Waals surface area contributed by atoms with Gasteiger partial charge in [0.1, 0.15) is 0 Å². The quantitative estimate of drug-likeness (QED) is 0.724. The number of hydrogen-bond donors (Lipinski definition) is 2. The molecule has 2 amide bonds. The normalized spacial score (nSPS) is 15.1. The molecule has 1 heterocycles. The van der Waals surface area contributed by atoms with Crippen molar-refractivity contribution in [2.24, 2.45) is 11.7 Å². The minimum atomic E-state index is -0.493. The Bertz CT molecular complexity index is 826. The number of carbonyl (C=O) groups excluding carboxylic acids is 3. The van der Waals surface area contributed by atoms with Gasteiger partial charge >= 0.3 is 0 Å². The third-order valence-corrected chi connectivity index (χ3v) is 5.12. The van der Waals surface area contributed by atoms with Crippen LogP contribution in [0, 0.1) is 5.92 Å². The summed E-state index contributed by atoms with van der Waals surface area (Å²) in [5, 5.41) is 2.82.